The standard InChI is InChI=1S/C25H22F3N5O3S/c1-14-20(13-16-3-7-19(8-4-16)25(26,27)28)21(15(2)37-14)23(34)29-24(11-12-24)18-9-5-17(6-10-18)22-30-31-33(36)32(22)35/h3-10,36H,11-13H2,1-2H3,(H,29,34). The van der Waals surface area contributed by atoms with Crippen molar-refractivity contribution in [2.75, 3.05) is 0 Å². The van der Waals surface area contributed by atoms with Crippen molar-refractivity contribution >= 4 is 17.2 Å². The van der Waals surface area contributed by atoms with Gasteiger partial charge in [-0.1, -0.05) is 24.3 Å². The molecule has 2 heterocycles. The van der Waals surface area contributed by atoms with Crippen LogP contribution < -0.4 is 10.2 Å². The maximum Gasteiger partial charge on any atom is 0.416 e. The van der Waals surface area contributed by atoms with Gasteiger partial charge in [-0.05, 0) is 74.1 Å². The van der Waals surface area contributed by atoms with Gasteiger partial charge in [0.15, 0.2) is 0 Å². The molecule has 0 unspecified atom stereocenters. The van der Waals surface area contributed by atoms with Crippen molar-refractivity contribution in [2.45, 2.75) is 44.8 Å². The minimum absolute atomic E-state index is 0.0554. The van der Waals surface area contributed by atoms with Crippen LogP contribution in [0.4, 0.5) is 13.2 Å². The van der Waals surface area contributed by atoms with Crippen LogP contribution in [0, 0.1) is 19.1 Å². The number of alkyl halides is 3. The number of hydrogen-bond acceptors (Lipinski definition) is 6. The lowest BCUT2D eigenvalue weighted by molar-refractivity contribution is -0.722. The molecule has 192 valence electrons. The fraction of sp³-hybridized carbons (Fsp3) is 0.280. The van der Waals surface area contributed by atoms with Gasteiger partial charge >= 0.3 is 12.0 Å². The molecule has 0 bridgehead atoms. The van der Waals surface area contributed by atoms with Crippen LogP contribution >= 0.6 is 11.3 Å². The molecule has 1 fully saturated rings. The van der Waals surface area contributed by atoms with Gasteiger partial charge in [-0.3, -0.25) is 4.79 Å². The topological polar surface area (TPSA) is 107 Å². The highest BCUT2D eigenvalue weighted by Crippen LogP contribution is 2.46. The van der Waals surface area contributed by atoms with Gasteiger partial charge in [0.2, 0.25) is 5.21 Å². The Kier molecular flexibility index (Phi) is 5.94. The van der Waals surface area contributed by atoms with E-state index in [-0.39, 0.29) is 21.5 Å². The zero-order chi connectivity index (χ0) is 26.5. The van der Waals surface area contributed by atoms with Crippen LogP contribution in [0.3, 0.4) is 0 Å². The maximum atomic E-state index is 13.5. The van der Waals surface area contributed by atoms with Gasteiger partial charge < -0.3 is 15.7 Å². The van der Waals surface area contributed by atoms with E-state index in [0.717, 1.165) is 45.9 Å². The number of nitrogens with one attached hydrogen (secondary N) is 1. The zero-order valence-corrected chi connectivity index (χ0v) is 20.7. The lowest BCUT2D eigenvalue weighted by Crippen LogP contribution is -2.38. The van der Waals surface area contributed by atoms with E-state index in [1.54, 1.807) is 24.3 Å². The Labute approximate surface area is 213 Å². The first kappa shape index (κ1) is 24.8. The molecule has 0 aliphatic heterocycles. The second kappa shape index (κ2) is 8.87. The summed E-state index contributed by atoms with van der Waals surface area (Å²) in [6.45, 7) is 3.77. The van der Waals surface area contributed by atoms with Crippen LogP contribution in [0.15, 0.2) is 48.5 Å². The Bertz CT molecular complexity index is 1470. The van der Waals surface area contributed by atoms with E-state index in [9.17, 15) is 28.4 Å². The van der Waals surface area contributed by atoms with Crippen LogP contribution in [-0.2, 0) is 18.1 Å². The highest BCUT2D eigenvalue weighted by atomic mass is 32.1. The third-order valence-corrected chi connectivity index (χ3v) is 7.70. The first-order valence-electron chi connectivity index (χ1n) is 11.4. The minimum Gasteiger partial charge on any atom is -0.720 e. The molecule has 0 spiro atoms. The van der Waals surface area contributed by atoms with Crippen molar-refractivity contribution in [3.63, 3.8) is 0 Å². The van der Waals surface area contributed by atoms with Crippen LogP contribution in [0.2, 0.25) is 0 Å². The highest BCUT2D eigenvalue weighted by Gasteiger charge is 2.46. The lowest BCUT2D eigenvalue weighted by atomic mass is 9.97. The average molecular weight is 530 g/mol. The zero-order valence-electron chi connectivity index (χ0n) is 19.8. The fourth-order valence-corrected chi connectivity index (χ4v) is 5.57. The number of nitrogens with zero attached hydrogens (tertiary/aromatic N) is 4. The molecule has 1 aliphatic rings. The summed E-state index contributed by atoms with van der Waals surface area (Å²) in [7, 11) is 0. The van der Waals surface area contributed by atoms with Gasteiger partial charge in [0.25, 0.3) is 5.91 Å². The lowest BCUT2D eigenvalue weighted by Gasteiger charge is -2.19. The molecule has 5 rings (SSSR count). The molecule has 1 amide bonds. The van der Waals surface area contributed by atoms with Crippen molar-refractivity contribution in [1.29, 1.82) is 0 Å². The first-order chi connectivity index (χ1) is 17.5. The van der Waals surface area contributed by atoms with Gasteiger partial charge in [0.1, 0.15) is 10.1 Å². The number of rotatable bonds is 6. The molecule has 37 heavy (non-hydrogen) atoms. The van der Waals surface area contributed by atoms with Crippen molar-refractivity contribution in [2.24, 2.45) is 0 Å². The maximum absolute atomic E-state index is 13.5. The average Bonchev–Trinajstić information content (AvgIpc) is 3.47. The Morgan fingerprint density at radius 3 is 2.32 bits per heavy atom. The summed E-state index contributed by atoms with van der Waals surface area (Å²) in [5, 5.41) is 31.2. The summed E-state index contributed by atoms with van der Waals surface area (Å²) >= 11 is 1.49. The van der Waals surface area contributed by atoms with E-state index in [2.05, 4.69) is 15.6 Å². The first-order valence-corrected chi connectivity index (χ1v) is 12.2. The van der Waals surface area contributed by atoms with E-state index >= 15 is 0 Å². The molecule has 0 radical (unpaired) electrons. The van der Waals surface area contributed by atoms with Crippen molar-refractivity contribution in [3.8, 4) is 11.4 Å². The second-order valence-electron chi connectivity index (χ2n) is 9.11. The number of aryl methyl sites for hydroxylation is 2. The van der Waals surface area contributed by atoms with Crippen LogP contribution in [0.25, 0.3) is 11.4 Å². The molecular weight excluding hydrogens is 507 g/mol. The van der Waals surface area contributed by atoms with Crippen molar-refractivity contribution in [1.82, 2.24) is 20.6 Å². The predicted molar refractivity (Wildman–Crippen MR) is 128 cm³/mol. The third kappa shape index (κ3) is 4.64. The van der Waals surface area contributed by atoms with Gasteiger partial charge in [-0.15, -0.1) is 16.2 Å². The smallest absolute Gasteiger partial charge is 0.416 e. The van der Waals surface area contributed by atoms with E-state index in [0.29, 0.717) is 23.1 Å². The van der Waals surface area contributed by atoms with E-state index in [1.165, 1.54) is 23.5 Å². The summed E-state index contributed by atoms with van der Waals surface area (Å²) in [5.41, 5.74) is 2.12. The Morgan fingerprint density at radius 2 is 1.78 bits per heavy atom. The molecule has 2 aromatic heterocycles. The molecule has 12 heteroatoms. The summed E-state index contributed by atoms with van der Waals surface area (Å²) in [4.78, 5) is 15.5. The van der Waals surface area contributed by atoms with Gasteiger partial charge in [-0.25, -0.2) is 0 Å². The predicted octanol–water partition coefficient (Wildman–Crippen LogP) is 4.52. The monoisotopic (exact) mass is 529 g/mol. The number of benzene rings is 2. The Morgan fingerprint density at radius 1 is 1.14 bits per heavy atom. The van der Waals surface area contributed by atoms with Crippen LogP contribution in [-0.4, -0.2) is 26.4 Å². The summed E-state index contributed by atoms with van der Waals surface area (Å²) in [5.74, 6) is -0.286. The SMILES string of the molecule is Cc1sc(C)c(C(=O)NC2(c3ccc(-c4nnn(O)[n+]4[O-])cc3)CC2)c1Cc1ccc(C(F)(F)F)cc1. The molecule has 0 saturated heterocycles. The number of carbonyl (C=O) groups is 1. The minimum atomic E-state index is -4.40. The summed E-state index contributed by atoms with van der Waals surface area (Å²) in [6, 6.07) is 12.0. The van der Waals surface area contributed by atoms with E-state index in [4.69, 9.17) is 0 Å². The fourth-order valence-electron chi connectivity index (χ4n) is 4.50. The van der Waals surface area contributed by atoms with Crippen molar-refractivity contribution < 1.29 is 28.0 Å². The molecule has 2 aromatic carbocycles. The van der Waals surface area contributed by atoms with Crippen LogP contribution in [0.5, 0.6) is 0 Å². The molecule has 2 N–H and O–H groups in total. The third-order valence-electron chi connectivity index (χ3n) is 6.64. The molecule has 1 saturated carbocycles. The van der Waals surface area contributed by atoms with Gasteiger partial charge in [0.05, 0.1) is 22.2 Å². The number of aromatic nitrogens is 4. The highest BCUT2D eigenvalue weighted by molar-refractivity contribution is 7.12. The number of amides is 1. The summed E-state index contributed by atoms with van der Waals surface area (Å²) in [6.07, 6.45) is -2.58. The summed E-state index contributed by atoms with van der Waals surface area (Å²) < 4.78 is 38.8. The molecule has 0 atom stereocenters. The largest absolute Gasteiger partial charge is 0.720 e. The molecular formula is C25H22F3N5O3S. The number of carbonyl (C=O) groups excluding carboxylic acids is 1. The molecule has 1 aliphatic carbocycles. The van der Waals surface area contributed by atoms with Gasteiger partial charge in [0, 0.05) is 9.75 Å². The molecule has 4 aromatic rings. The van der Waals surface area contributed by atoms with Gasteiger partial charge in [-0.2, -0.15) is 13.2 Å². The number of halogens is 3. The molecule has 8 nitrogen and oxygen atoms in total. The van der Waals surface area contributed by atoms with E-state index < -0.39 is 17.3 Å². The Balaban J connectivity index is 1.36. The quantitative estimate of drug-likeness (QED) is 0.217. The van der Waals surface area contributed by atoms with E-state index in [1.807, 2.05) is 13.8 Å². The van der Waals surface area contributed by atoms with Crippen molar-refractivity contribution in [3.05, 3.63) is 91.3 Å². The number of tetrazole rings is 1. The van der Waals surface area contributed by atoms with Crippen LogP contribution in [0.1, 0.15) is 55.2 Å². The second-order valence-corrected chi connectivity index (χ2v) is 10.5. The normalized spacial score (nSPS) is 14.5. The Hall–Kier alpha value is -3.93. The number of thiophene rings is 1. The number of hydrogen-bond donors (Lipinski definition) is 2.